The fourth-order valence-corrected chi connectivity index (χ4v) is 5.07. The van der Waals surface area contributed by atoms with Gasteiger partial charge >= 0.3 is 5.63 Å². The smallest absolute Gasteiger partial charge is 0.349 e. The van der Waals surface area contributed by atoms with Crippen molar-refractivity contribution in [3.05, 3.63) is 56.9 Å². The number of thioether (sulfide) groups is 1. The van der Waals surface area contributed by atoms with Crippen molar-refractivity contribution in [1.29, 1.82) is 5.26 Å². The van der Waals surface area contributed by atoms with Crippen LogP contribution in [0.1, 0.15) is 36.0 Å². The van der Waals surface area contributed by atoms with E-state index in [-0.39, 0.29) is 11.5 Å². The molecule has 25 heavy (non-hydrogen) atoms. The van der Waals surface area contributed by atoms with Crippen LogP contribution in [0.3, 0.4) is 0 Å². The van der Waals surface area contributed by atoms with Gasteiger partial charge in [0.2, 0.25) is 0 Å². The number of benzene rings is 1. The van der Waals surface area contributed by atoms with Gasteiger partial charge < -0.3 is 9.73 Å². The lowest BCUT2D eigenvalue weighted by atomic mass is 9.84. The van der Waals surface area contributed by atoms with Crippen molar-refractivity contribution in [2.45, 2.75) is 30.9 Å². The van der Waals surface area contributed by atoms with Crippen LogP contribution in [0.2, 0.25) is 0 Å². The molecule has 1 amide bonds. The number of amides is 1. The first-order valence-electron chi connectivity index (χ1n) is 8.32. The molecule has 2 aliphatic rings. The second kappa shape index (κ2) is 6.41. The van der Waals surface area contributed by atoms with E-state index in [1.54, 1.807) is 30.0 Å². The lowest BCUT2D eigenvalue weighted by Crippen LogP contribution is -2.27. The van der Waals surface area contributed by atoms with Crippen molar-refractivity contribution in [2.24, 2.45) is 5.92 Å². The van der Waals surface area contributed by atoms with Gasteiger partial charge in [-0.1, -0.05) is 31.0 Å². The van der Waals surface area contributed by atoms with Gasteiger partial charge in [0, 0.05) is 16.6 Å². The van der Waals surface area contributed by atoms with Crippen molar-refractivity contribution < 1.29 is 9.21 Å². The summed E-state index contributed by atoms with van der Waals surface area (Å²) < 4.78 is 5.22. The maximum atomic E-state index is 12.6. The third kappa shape index (κ3) is 2.85. The number of fused-ring (bicyclic) bond motifs is 2. The second-order valence-corrected chi connectivity index (χ2v) is 7.59. The first-order valence-corrected chi connectivity index (χ1v) is 9.20. The van der Waals surface area contributed by atoms with Crippen molar-refractivity contribution in [1.82, 2.24) is 5.32 Å². The SMILES string of the molecule is N#CC1=C(NC(=O)c2cc3ccccc3oc2=O)S[C@@H]2CCCC[C@@H]12. The Labute approximate surface area is 148 Å². The Balaban J connectivity index is 1.65. The maximum absolute atomic E-state index is 12.6. The normalized spacial score (nSPS) is 22.5. The van der Waals surface area contributed by atoms with E-state index in [0.717, 1.165) is 25.7 Å². The summed E-state index contributed by atoms with van der Waals surface area (Å²) >= 11 is 1.55. The Bertz CT molecular complexity index is 986. The molecule has 1 saturated carbocycles. The number of hydrogen-bond donors (Lipinski definition) is 1. The summed E-state index contributed by atoms with van der Waals surface area (Å²) in [7, 11) is 0. The first kappa shape index (κ1) is 16.0. The maximum Gasteiger partial charge on any atom is 0.349 e. The lowest BCUT2D eigenvalue weighted by Gasteiger charge is -2.24. The van der Waals surface area contributed by atoms with E-state index in [1.807, 2.05) is 6.07 Å². The predicted molar refractivity (Wildman–Crippen MR) is 95.9 cm³/mol. The number of hydrogen-bond acceptors (Lipinski definition) is 5. The van der Waals surface area contributed by atoms with Gasteiger partial charge in [-0.15, -0.1) is 11.8 Å². The van der Waals surface area contributed by atoms with Gasteiger partial charge in [-0.25, -0.2) is 4.79 Å². The molecule has 6 heteroatoms. The summed E-state index contributed by atoms with van der Waals surface area (Å²) in [6, 6.07) is 10.9. The van der Waals surface area contributed by atoms with Crippen LogP contribution < -0.4 is 10.9 Å². The number of nitrogens with zero attached hydrogens (tertiary/aromatic N) is 1. The molecular formula is C19H16N2O3S. The minimum Gasteiger partial charge on any atom is -0.422 e. The molecule has 2 atom stereocenters. The molecular weight excluding hydrogens is 336 g/mol. The van der Waals surface area contributed by atoms with Gasteiger partial charge in [0.15, 0.2) is 0 Å². The Hall–Kier alpha value is -2.52. The van der Waals surface area contributed by atoms with Crippen LogP contribution in [0.25, 0.3) is 11.0 Å². The van der Waals surface area contributed by atoms with Gasteiger partial charge in [0.1, 0.15) is 11.1 Å². The molecule has 1 aliphatic carbocycles. The van der Waals surface area contributed by atoms with Crippen molar-refractivity contribution >= 4 is 28.6 Å². The highest BCUT2D eigenvalue weighted by Gasteiger charge is 2.38. The van der Waals surface area contributed by atoms with E-state index < -0.39 is 11.5 Å². The van der Waals surface area contributed by atoms with E-state index in [9.17, 15) is 14.9 Å². The predicted octanol–water partition coefficient (Wildman–Crippen LogP) is 3.56. The molecule has 2 heterocycles. The Morgan fingerprint density at radius 2 is 2.08 bits per heavy atom. The molecule has 1 fully saturated rings. The number of nitriles is 1. The van der Waals surface area contributed by atoms with Gasteiger partial charge in [0.05, 0.1) is 16.7 Å². The molecule has 2 aromatic rings. The number of carbonyl (C=O) groups excluding carboxylic acids is 1. The van der Waals surface area contributed by atoms with E-state index in [4.69, 9.17) is 4.42 Å². The summed E-state index contributed by atoms with van der Waals surface area (Å²) in [6.45, 7) is 0. The molecule has 0 saturated heterocycles. The molecule has 0 radical (unpaired) electrons. The monoisotopic (exact) mass is 352 g/mol. The molecule has 1 N–H and O–H groups in total. The van der Waals surface area contributed by atoms with Crippen molar-refractivity contribution in [2.75, 3.05) is 0 Å². The topological polar surface area (TPSA) is 83.1 Å². The number of carbonyl (C=O) groups is 1. The molecule has 1 aliphatic heterocycles. The average molecular weight is 352 g/mol. The van der Waals surface area contributed by atoms with Gasteiger partial charge in [-0.2, -0.15) is 5.26 Å². The molecule has 0 spiro atoms. The molecule has 1 aromatic carbocycles. The van der Waals surface area contributed by atoms with Gasteiger partial charge in [-0.05, 0) is 25.0 Å². The van der Waals surface area contributed by atoms with Crippen LogP contribution in [-0.4, -0.2) is 11.2 Å². The average Bonchev–Trinajstić information content (AvgIpc) is 2.97. The second-order valence-electron chi connectivity index (χ2n) is 6.34. The van der Waals surface area contributed by atoms with Crippen LogP contribution in [0.5, 0.6) is 0 Å². The summed E-state index contributed by atoms with van der Waals surface area (Å²) in [5, 5.41) is 13.9. The van der Waals surface area contributed by atoms with E-state index >= 15 is 0 Å². The zero-order valence-corrected chi connectivity index (χ0v) is 14.3. The fourth-order valence-electron chi connectivity index (χ4n) is 3.57. The van der Waals surface area contributed by atoms with Crippen LogP contribution in [0.4, 0.5) is 0 Å². The summed E-state index contributed by atoms with van der Waals surface area (Å²) in [5.74, 6) is -0.305. The van der Waals surface area contributed by atoms with E-state index in [1.165, 1.54) is 6.07 Å². The van der Waals surface area contributed by atoms with Gasteiger partial charge in [-0.3, -0.25) is 4.79 Å². The molecule has 0 unspecified atom stereocenters. The zero-order valence-electron chi connectivity index (χ0n) is 13.5. The first-order chi connectivity index (χ1) is 12.2. The van der Waals surface area contributed by atoms with Crippen LogP contribution >= 0.6 is 11.8 Å². The molecule has 5 nitrogen and oxygen atoms in total. The quantitative estimate of drug-likeness (QED) is 0.836. The highest BCUT2D eigenvalue weighted by atomic mass is 32.2. The number of allylic oxidation sites excluding steroid dienone is 1. The number of para-hydroxylation sites is 1. The molecule has 126 valence electrons. The summed E-state index contributed by atoms with van der Waals surface area (Å²) in [5.41, 5.74) is 0.380. The molecule has 4 rings (SSSR count). The fraction of sp³-hybridized carbons (Fsp3) is 0.316. The third-order valence-corrected chi connectivity index (χ3v) is 6.25. The Morgan fingerprint density at radius 1 is 1.28 bits per heavy atom. The highest BCUT2D eigenvalue weighted by molar-refractivity contribution is 8.04. The van der Waals surface area contributed by atoms with Crippen molar-refractivity contribution in [3.63, 3.8) is 0 Å². The van der Waals surface area contributed by atoms with Gasteiger partial charge in [0.25, 0.3) is 5.91 Å². The highest BCUT2D eigenvalue weighted by Crippen LogP contribution is 2.47. The largest absolute Gasteiger partial charge is 0.422 e. The van der Waals surface area contributed by atoms with Crippen LogP contribution in [0.15, 0.2) is 50.1 Å². The van der Waals surface area contributed by atoms with Crippen LogP contribution in [0, 0.1) is 17.2 Å². The summed E-state index contributed by atoms with van der Waals surface area (Å²) in [4.78, 5) is 24.7. The van der Waals surface area contributed by atoms with E-state index in [2.05, 4.69) is 11.4 Å². The summed E-state index contributed by atoms with van der Waals surface area (Å²) in [6.07, 6.45) is 4.31. The number of nitrogens with one attached hydrogen (secondary N) is 1. The Kier molecular flexibility index (Phi) is 4.10. The third-order valence-electron chi connectivity index (χ3n) is 4.82. The van der Waals surface area contributed by atoms with Crippen LogP contribution in [-0.2, 0) is 0 Å². The lowest BCUT2D eigenvalue weighted by molar-refractivity contribution is 0.0965. The minimum atomic E-state index is -0.671. The van der Waals surface area contributed by atoms with Crippen molar-refractivity contribution in [3.8, 4) is 6.07 Å². The zero-order chi connectivity index (χ0) is 17.4. The number of rotatable bonds is 2. The van der Waals surface area contributed by atoms with E-state index in [0.29, 0.717) is 26.8 Å². The minimum absolute atomic E-state index is 0.0426. The standard InChI is InChI=1S/C19H16N2O3S/c20-10-14-12-6-2-4-8-16(12)25-18(14)21-17(22)13-9-11-5-1-3-7-15(11)24-19(13)23/h1,3,5,7,9,12,16H,2,4,6,8H2,(H,21,22)/t12-,16+/m0/s1. The molecule has 0 bridgehead atoms. The Morgan fingerprint density at radius 3 is 2.92 bits per heavy atom. The molecule has 1 aromatic heterocycles.